The predicted molar refractivity (Wildman–Crippen MR) is 120 cm³/mol. The number of rotatable bonds is 4. The van der Waals surface area contributed by atoms with E-state index in [2.05, 4.69) is 5.32 Å². The van der Waals surface area contributed by atoms with Gasteiger partial charge in [-0.25, -0.2) is 4.90 Å². The highest BCUT2D eigenvalue weighted by Crippen LogP contribution is 2.37. The Morgan fingerprint density at radius 3 is 2.38 bits per heavy atom. The third kappa shape index (κ3) is 3.57. The van der Waals surface area contributed by atoms with E-state index >= 15 is 0 Å². The number of aryl methyl sites for hydroxylation is 2. The van der Waals surface area contributed by atoms with Crippen LogP contribution in [-0.4, -0.2) is 11.8 Å². The molecule has 0 radical (unpaired) electrons. The van der Waals surface area contributed by atoms with Crippen molar-refractivity contribution in [2.45, 2.75) is 13.8 Å². The van der Waals surface area contributed by atoms with E-state index in [1.54, 1.807) is 36.4 Å². The molecule has 1 N–H and O–H groups in total. The number of amides is 2. The fourth-order valence-electron chi connectivity index (χ4n) is 3.15. The van der Waals surface area contributed by atoms with Crippen molar-refractivity contribution < 1.29 is 9.59 Å². The van der Waals surface area contributed by atoms with E-state index in [-0.39, 0.29) is 11.6 Å². The first-order valence-corrected chi connectivity index (χ1v) is 10.5. The molecule has 0 atom stereocenters. The maximum Gasteiger partial charge on any atom is 0.282 e. The van der Waals surface area contributed by atoms with E-state index in [1.807, 2.05) is 31.4 Å². The molecule has 146 valence electrons. The molecule has 1 aromatic heterocycles. The van der Waals surface area contributed by atoms with Gasteiger partial charge in [-0.2, -0.15) is 0 Å². The summed E-state index contributed by atoms with van der Waals surface area (Å²) in [6.07, 6.45) is 0. The third-order valence-electron chi connectivity index (χ3n) is 4.71. The molecule has 4 rings (SSSR count). The molecule has 0 unspecified atom stereocenters. The van der Waals surface area contributed by atoms with Crippen LogP contribution in [0.3, 0.4) is 0 Å². The molecule has 29 heavy (non-hydrogen) atoms. The zero-order valence-corrected chi connectivity index (χ0v) is 18.0. The summed E-state index contributed by atoms with van der Waals surface area (Å²) in [5.74, 6) is -0.806. The number of hydrogen-bond donors (Lipinski definition) is 1. The Hall–Kier alpha value is -2.60. The monoisotopic (exact) mass is 442 g/mol. The second-order valence-electron chi connectivity index (χ2n) is 6.69. The fourth-order valence-corrected chi connectivity index (χ4v) is 4.32. The summed E-state index contributed by atoms with van der Waals surface area (Å²) in [5, 5.41) is 6.13. The second kappa shape index (κ2) is 7.67. The third-order valence-corrected chi connectivity index (χ3v) is 6.24. The van der Waals surface area contributed by atoms with Gasteiger partial charge in [0.05, 0.1) is 11.3 Å². The van der Waals surface area contributed by atoms with Gasteiger partial charge < -0.3 is 5.32 Å². The molecule has 0 saturated carbocycles. The number of thiophene rings is 1. The van der Waals surface area contributed by atoms with E-state index < -0.39 is 5.91 Å². The van der Waals surface area contributed by atoms with Crippen molar-refractivity contribution in [3.63, 3.8) is 0 Å². The number of imide groups is 1. The summed E-state index contributed by atoms with van der Waals surface area (Å²) in [4.78, 5) is 28.5. The lowest BCUT2D eigenvalue weighted by Gasteiger charge is -2.16. The van der Waals surface area contributed by atoms with E-state index in [4.69, 9.17) is 23.2 Å². The van der Waals surface area contributed by atoms with Crippen LogP contribution in [0.4, 0.5) is 11.4 Å². The SMILES string of the molecule is Cc1ccc(N2C(=O)C(Nc3ccc(Cl)cc3C)=C(c3cccs3)C2=O)cc1Cl. The van der Waals surface area contributed by atoms with Crippen LogP contribution < -0.4 is 10.2 Å². The van der Waals surface area contributed by atoms with Gasteiger partial charge in [0.1, 0.15) is 5.70 Å². The Kier molecular flexibility index (Phi) is 5.21. The first-order valence-electron chi connectivity index (χ1n) is 8.83. The zero-order valence-electron chi connectivity index (χ0n) is 15.6. The molecule has 4 nitrogen and oxygen atoms in total. The van der Waals surface area contributed by atoms with Crippen LogP contribution in [0.15, 0.2) is 59.6 Å². The van der Waals surface area contributed by atoms with Crippen LogP contribution in [0, 0.1) is 13.8 Å². The number of benzene rings is 2. The number of nitrogens with zero attached hydrogens (tertiary/aromatic N) is 1. The molecule has 7 heteroatoms. The van der Waals surface area contributed by atoms with Gasteiger partial charge in [0, 0.05) is 20.6 Å². The lowest BCUT2D eigenvalue weighted by Crippen LogP contribution is -2.32. The van der Waals surface area contributed by atoms with Gasteiger partial charge in [0.25, 0.3) is 11.8 Å². The summed E-state index contributed by atoms with van der Waals surface area (Å²) in [6.45, 7) is 3.75. The molecular weight excluding hydrogens is 427 g/mol. The minimum Gasteiger partial charge on any atom is -0.350 e. The molecule has 0 fully saturated rings. The Morgan fingerprint density at radius 2 is 1.72 bits per heavy atom. The van der Waals surface area contributed by atoms with E-state index in [1.165, 1.54) is 11.3 Å². The Morgan fingerprint density at radius 1 is 0.931 bits per heavy atom. The number of nitrogens with one attached hydrogen (secondary N) is 1. The summed E-state index contributed by atoms with van der Waals surface area (Å²) in [5.41, 5.74) is 3.47. The number of anilines is 2. The summed E-state index contributed by atoms with van der Waals surface area (Å²) < 4.78 is 0. The van der Waals surface area contributed by atoms with Gasteiger partial charge in [0.2, 0.25) is 0 Å². The van der Waals surface area contributed by atoms with Gasteiger partial charge >= 0.3 is 0 Å². The Balaban J connectivity index is 1.81. The van der Waals surface area contributed by atoms with Gasteiger partial charge in [0.15, 0.2) is 0 Å². The topological polar surface area (TPSA) is 49.4 Å². The highest BCUT2D eigenvalue weighted by molar-refractivity contribution is 7.11. The van der Waals surface area contributed by atoms with Crippen LogP contribution in [0.5, 0.6) is 0 Å². The fraction of sp³-hybridized carbons (Fsp3) is 0.0909. The second-order valence-corrected chi connectivity index (χ2v) is 8.48. The van der Waals surface area contributed by atoms with E-state index in [0.29, 0.717) is 27.0 Å². The van der Waals surface area contributed by atoms with Crippen molar-refractivity contribution in [3.05, 3.63) is 85.7 Å². The molecule has 2 amide bonds. The van der Waals surface area contributed by atoms with Gasteiger partial charge in [-0.05, 0) is 66.8 Å². The quantitative estimate of drug-likeness (QED) is 0.498. The average Bonchev–Trinajstić information content (AvgIpc) is 3.27. The average molecular weight is 443 g/mol. The molecule has 3 aromatic rings. The van der Waals surface area contributed by atoms with Gasteiger partial charge in [-0.1, -0.05) is 35.3 Å². The molecule has 0 aliphatic carbocycles. The van der Waals surface area contributed by atoms with Crippen LogP contribution >= 0.6 is 34.5 Å². The van der Waals surface area contributed by atoms with Crippen molar-refractivity contribution in [1.29, 1.82) is 0 Å². The zero-order chi connectivity index (χ0) is 20.7. The standard InChI is InChI=1S/C22H16Cl2N2O2S/c1-12-5-7-15(11-16(12)24)26-21(27)19(18-4-3-9-29-18)20(22(26)28)25-17-8-6-14(23)10-13(17)2/h3-11,25H,1-2H3. The molecule has 0 spiro atoms. The lowest BCUT2D eigenvalue weighted by atomic mass is 10.1. The van der Waals surface area contributed by atoms with Crippen molar-refractivity contribution in [1.82, 2.24) is 0 Å². The number of hydrogen-bond acceptors (Lipinski definition) is 4. The van der Waals surface area contributed by atoms with Crippen molar-refractivity contribution >= 4 is 63.3 Å². The number of carbonyl (C=O) groups is 2. The van der Waals surface area contributed by atoms with Crippen molar-refractivity contribution in [2.75, 3.05) is 10.2 Å². The van der Waals surface area contributed by atoms with Gasteiger partial charge in [-0.3, -0.25) is 9.59 Å². The Labute approximate surface area is 182 Å². The molecular formula is C22H16Cl2N2O2S. The minimum atomic E-state index is -0.423. The predicted octanol–water partition coefficient (Wildman–Crippen LogP) is 6.07. The molecule has 0 bridgehead atoms. The highest BCUT2D eigenvalue weighted by atomic mass is 35.5. The largest absolute Gasteiger partial charge is 0.350 e. The summed E-state index contributed by atoms with van der Waals surface area (Å²) in [6, 6.07) is 14.1. The van der Waals surface area contributed by atoms with Gasteiger partial charge in [-0.15, -0.1) is 11.3 Å². The Bertz CT molecular complexity index is 1170. The van der Waals surface area contributed by atoms with Crippen LogP contribution in [0.1, 0.15) is 16.0 Å². The number of carbonyl (C=O) groups excluding carboxylic acids is 2. The van der Waals surface area contributed by atoms with Crippen molar-refractivity contribution in [3.8, 4) is 0 Å². The first-order chi connectivity index (χ1) is 13.9. The summed E-state index contributed by atoms with van der Waals surface area (Å²) in [7, 11) is 0. The maximum atomic E-state index is 13.3. The van der Waals surface area contributed by atoms with Crippen LogP contribution in [0.25, 0.3) is 5.57 Å². The molecule has 0 saturated heterocycles. The molecule has 1 aliphatic rings. The first kappa shape index (κ1) is 19.7. The van der Waals surface area contributed by atoms with E-state index in [9.17, 15) is 9.59 Å². The summed E-state index contributed by atoms with van der Waals surface area (Å²) >= 11 is 13.7. The smallest absolute Gasteiger partial charge is 0.282 e. The molecule has 1 aliphatic heterocycles. The maximum absolute atomic E-state index is 13.3. The van der Waals surface area contributed by atoms with Crippen LogP contribution in [0.2, 0.25) is 10.0 Å². The molecule has 2 heterocycles. The highest BCUT2D eigenvalue weighted by Gasteiger charge is 2.41. The normalized spacial score (nSPS) is 14.1. The minimum absolute atomic E-state index is 0.236. The van der Waals surface area contributed by atoms with E-state index in [0.717, 1.165) is 20.9 Å². The lowest BCUT2D eigenvalue weighted by molar-refractivity contribution is -0.120. The van der Waals surface area contributed by atoms with Crippen LogP contribution in [-0.2, 0) is 9.59 Å². The molecule has 2 aromatic carbocycles. The van der Waals surface area contributed by atoms with Crippen molar-refractivity contribution in [2.24, 2.45) is 0 Å². The number of halogens is 2.